The summed E-state index contributed by atoms with van der Waals surface area (Å²) in [5.74, 6) is -0.125. The number of anilines is 2. The second kappa shape index (κ2) is 9.98. The molecule has 3 heterocycles. The molecule has 0 aliphatic carbocycles. The lowest BCUT2D eigenvalue weighted by atomic mass is 9.92. The van der Waals surface area contributed by atoms with E-state index in [9.17, 15) is 13.2 Å². The number of imidazole rings is 1. The van der Waals surface area contributed by atoms with Gasteiger partial charge in [-0.1, -0.05) is 51.3 Å². The number of hydrogen-bond acceptors (Lipinski definition) is 5. The number of halogens is 3. The predicted molar refractivity (Wildman–Crippen MR) is 146 cm³/mol. The number of amides is 1. The number of benzene rings is 2. The number of hydrogen-bond donors (Lipinski definition) is 0. The molecular weight excluding hydrogens is 603 g/mol. The van der Waals surface area contributed by atoms with Crippen LogP contribution in [-0.2, 0) is 31.5 Å². The smallest absolute Gasteiger partial charge is 0.260 e. The normalized spacial score (nSPS) is 21.0. The molecule has 2 aliphatic rings. The van der Waals surface area contributed by atoms with Crippen molar-refractivity contribution in [2.75, 3.05) is 25.1 Å². The molecular formula is C25H25BrCl2N4O4S. The molecule has 8 nitrogen and oxygen atoms in total. The molecule has 0 saturated carbocycles. The van der Waals surface area contributed by atoms with Crippen LogP contribution in [0.15, 0.2) is 58.2 Å². The van der Waals surface area contributed by atoms with Crippen LogP contribution >= 0.6 is 39.1 Å². The van der Waals surface area contributed by atoms with Crippen molar-refractivity contribution < 1.29 is 17.9 Å². The highest BCUT2D eigenvalue weighted by atomic mass is 79.9. The first kappa shape index (κ1) is 26.6. The summed E-state index contributed by atoms with van der Waals surface area (Å²) >= 11 is 15.9. The van der Waals surface area contributed by atoms with Gasteiger partial charge in [0, 0.05) is 41.1 Å². The van der Waals surface area contributed by atoms with Crippen molar-refractivity contribution in [2.45, 2.75) is 42.9 Å². The van der Waals surface area contributed by atoms with E-state index in [2.05, 4.69) is 20.9 Å². The minimum atomic E-state index is -3.95. The third-order valence-corrected chi connectivity index (χ3v) is 9.80. The van der Waals surface area contributed by atoms with Gasteiger partial charge >= 0.3 is 0 Å². The van der Waals surface area contributed by atoms with Crippen molar-refractivity contribution in [2.24, 2.45) is 0 Å². The Labute approximate surface area is 234 Å². The molecule has 1 atom stereocenters. The molecule has 3 aromatic rings. The quantitative estimate of drug-likeness (QED) is 0.366. The summed E-state index contributed by atoms with van der Waals surface area (Å²) in [4.78, 5) is 20.0. The summed E-state index contributed by atoms with van der Waals surface area (Å²) < 4.78 is 37.1. The van der Waals surface area contributed by atoms with Crippen LogP contribution < -0.4 is 4.90 Å². The van der Waals surface area contributed by atoms with Crippen molar-refractivity contribution in [3.05, 3.63) is 68.7 Å². The zero-order valence-corrected chi connectivity index (χ0v) is 24.1. The third kappa shape index (κ3) is 4.72. The SMILES string of the molecule is COC1CCN(S(=O)(=O)c2cnc3n2[C@](C)(Cc2ccc(Br)cc2)C(=O)N3c2cc(Cl)cc(Cl)c2)CC1. The first-order chi connectivity index (χ1) is 17.5. The molecule has 37 heavy (non-hydrogen) atoms. The van der Waals surface area contributed by atoms with Crippen LogP contribution in [-0.4, -0.2) is 54.5 Å². The lowest BCUT2D eigenvalue weighted by Crippen LogP contribution is -2.45. The topological polar surface area (TPSA) is 84.7 Å². The maximum absolute atomic E-state index is 14.1. The van der Waals surface area contributed by atoms with Crippen LogP contribution in [0.5, 0.6) is 0 Å². The molecule has 12 heteroatoms. The molecule has 1 aromatic heterocycles. The first-order valence-electron chi connectivity index (χ1n) is 11.7. The highest BCUT2D eigenvalue weighted by Crippen LogP contribution is 2.45. The molecule has 5 rings (SSSR count). The number of sulfonamides is 1. The summed E-state index contributed by atoms with van der Waals surface area (Å²) in [6, 6.07) is 12.4. The number of methoxy groups -OCH3 is 1. The van der Waals surface area contributed by atoms with Gasteiger partial charge in [0.15, 0.2) is 5.03 Å². The number of ether oxygens (including phenoxy) is 1. The average molecular weight is 628 g/mol. The maximum Gasteiger partial charge on any atom is 0.260 e. The van der Waals surface area contributed by atoms with E-state index in [1.165, 1.54) is 15.4 Å². The van der Waals surface area contributed by atoms with Gasteiger partial charge in [0.05, 0.1) is 18.0 Å². The van der Waals surface area contributed by atoms with Gasteiger partial charge in [0.1, 0.15) is 5.54 Å². The molecule has 1 amide bonds. The van der Waals surface area contributed by atoms with E-state index in [0.717, 1.165) is 10.0 Å². The van der Waals surface area contributed by atoms with E-state index in [-0.39, 0.29) is 29.4 Å². The molecule has 0 spiro atoms. The van der Waals surface area contributed by atoms with E-state index in [0.29, 0.717) is 41.7 Å². The van der Waals surface area contributed by atoms with E-state index in [4.69, 9.17) is 27.9 Å². The van der Waals surface area contributed by atoms with Gasteiger partial charge in [-0.2, -0.15) is 4.31 Å². The van der Waals surface area contributed by atoms with Crippen molar-refractivity contribution in [1.82, 2.24) is 13.9 Å². The third-order valence-electron chi connectivity index (χ3n) is 6.97. The molecule has 0 unspecified atom stereocenters. The highest BCUT2D eigenvalue weighted by Gasteiger charge is 2.52. The largest absolute Gasteiger partial charge is 0.381 e. The summed E-state index contributed by atoms with van der Waals surface area (Å²) in [7, 11) is -2.32. The minimum absolute atomic E-state index is 0.0231. The number of nitrogens with zero attached hydrogens (tertiary/aromatic N) is 4. The Morgan fingerprint density at radius 2 is 1.73 bits per heavy atom. The van der Waals surface area contributed by atoms with Crippen LogP contribution in [0, 0.1) is 0 Å². The molecule has 0 N–H and O–H groups in total. The lowest BCUT2D eigenvalue weighted by molar-refractivity contribution is -0.124. The van der Waals surface area contributed by atoms with Crippen molar-refractivity contribution in [3.63, 3.8) is 0 Å². The Kier molecular flexibility index (Phi) is 7.19. The van der Waals surface area contributed by atoms with Gasteiger partial charge in [0.25, 0.3) is 15.9 Å². The molecule has 1 saturated heterocycles. The average Bonchev–Trinajstić information content (AvgIpc) is 3.39. The Hall–Kier alpha value is -1.95. The van der Waals surface area contributed by atoms with E-state index < -0.39 is 15.6 Å². The summed E-state index contributed by atoms with van der Waals surface area (Å²) in [5, 5.41) is 0.675. The van der Waals surface area contributed by atoms with Crippen LogP contribution in [0.3, 0.4) is 0 Å². The maximum atomic E-state index is 14.1. The van der Waals surface area contributed by atoms with Crippen LogP contribution in [0.4, 0.5) is 11.6 Å². The van der Waals surface area contributed by atoms with Gasteiger partial charge in [-0.15, -0.1) is 0 Å². The van der Waals surface area contributed by atoms with Gasteiger partial charge in [0.2, 0.25) is 5.95 Å². The zero-order chi connectivity index (χ0) is 26.5. The summed E-state index contributed by atoms with van der Waals surface area (Å²) in [6.07, 6.45) is 2.80. The fourth-order valence-corrected chi connectivity index (χ4v) is 7.49. The van der Waals surface area contributed by atoms with E-state index >= 15 is 0 Å². The van der Waals surface area contributed by atoms with Crippen molar-refractivity contribution in [1.29, 1.82) is 0 Å². The van der Waals surface area contributed by atoms with Crippen molar-refractivity contribution in [3.8, 4) is 0 Å². The second-order valence-electron chi connectivity index (χ2n) is 9.42. The molecule has 2 aromatic carbocycles. The Balaban J connectivity index is 1.64. The Morgan fingerprint density at radius 3 is 2.32 bits per heavy atom. The van der Waals surface area contributed by atoms with E-state index in [1.807, 2.05) is 24.3 Å². The lowest BCUT2D eigenvalue weighted by Gasteiger charge is -2.32. The van der Waals surface area contributed by atoms with E-state index in [1.54, 1.807) is 36.8 Å². The molecule has 0 bridgehead atoms. The number of piperidine rings is 1. The second-order valence-corrected chi connectivity index (χ2v) is 13.1. The van der Waals surface area contributed by atoms with Crippen molar-refractivity contribution >= 4 is 66.7 Å². The van der Waals surface area contributed by atoms with Gasteiger partial charge in [-0.05, 0) is 55.7 Å². The molecule has 1 fully saturated rings. The zero-order valence-electron chi connectivity index (χ0n) is 20.2. The van der Waals surface area contributed by atoms with Gasteiger partial charge < -0.3 is 4.74 Å². The molecule has 0 radical (unpaired) electrons. The summed E-state index contributed by atoms with van der Waals surface area (Å²) in [5.41, 5.74) is 0.00880. The van der Waals surface area contributed by atoms with Crippen LogP contribution in [0.25, 0.3) is 0 Å². The minimum Gasteiger partial charge on any atom is -0.381 e. The predicted octanol–water partition coefficient (Wildman–Crippen LogP) is 5.39. The number of carbonyl (C=O) groups is 1. The summed E-state index contributed by atoms with van der Waals surface area (Å²) in [6.45, 7) is 2.39. The Morgan fingerprint density at radius 1 is 1.11 bits per heavy atom. The standard InChI is InChI=1S/C25H25BrCl2N4O4S/c1-25(14-16-3-5-17(26)6-4-16)23(33)31(20-12-18(27)11-19(28)13-20)24-29-15-22(32(24)25)37(34,35)30-9-7-21(36-2)8-10-30/h3-6,11-13,15,21H,7-10,14H2,1-2H3/t25-/m1/s1. The molecule has 2 aliphatic heterocycles. The Bertz CT molecular complexity index is 1440. The number of rotatable bonds is 6. The number of aromatic nitrogens is 2. The number of fused-ring (bicyclic) bond motifs is 1. The van der Waals surface area contributed by atoms with Crippen LogP contribution in [0.1, 0.15) is 25.3 Å². The highest BCUT2D eigenvalue weighted by molar-refractivity contribution is 9.10. The fourth-order valence-electron chi connectivity index (χ4n) is 5.05. The fraction of sp³-hybridized carbons (Fsp3) is 0.360. The van der Waals surface area contributed by atoms with Gasteiger partial charge in [-0.3, -0.25) is 9.36 Å². The van der Waals surface area contributed by atoms with Gasteiger partial charge in [-0.25, -0.2) is 18.3 Å². The molecule has 196 valence electrons. The van der Waals surface area contributed by atoms with Crippen LogP contribution in [0.2, 0.25) is 10.0 Å². The monoisotopic (exact) mass is 626 g/mol. The number of carbonyl (C=O) groups excluding carboxylic acids is 1. The first-order valence-corrected chi connectivity index (χ1v) is 14.7.